The molecule has 1 aromatic heterocycles. The second-order valence-corrected chi connectivity index (χ2v) is 3.93. The third kappa shape index (κ3) is 2.15. The average molecular weight is 196 g/mol. The molecule has 13 heavy (non-hydrogen) atoms. The number of H-pyrrole nitrogens is 1. The first kappa shape index (κ1) is 10.4. The predicted octanol–water partition coefficient (Wildman–Crippen LogP) is 3.13. The van der Waals surface area contributed by atoms with Gasteiger partial charge in [-0.15, -0.1) is 0 Å². The quantitative estimate of drug-likeness (QED) is 0.736. The van der Waals surface area contributed by atoms with Gasteiger partial charge in [0.25, 0.3) is 0 Å². The highest BCUT2D eigenvalue weighted by atomic mass is 32.1. The molecule has 0 spiro atoms. The van der Waals surface area contributed by atoms with Crippen LogP contribution < -0.4 is 0 Å². The Kier molecular flexibility index (Phi) is 3.20. The lowest BCUT2D eigenvalue weighted by molar-refractivity contribution is 0.754. The van der Waals surface area contributed by atoms with Gasteiger partial charge in [-0.25, -0.2) is 4.98 Å². The van der Waals surface area contributed by atoms with Gasteiger partial charge >= 0.3 is 0 Å². The number of hydrogen-bond acceptors (Lipinski definition) is 2. The first-order valence-corrected chi connectivity index (χ1v) is 5.06. The van der Waals surface area contributed by atoms with Crippen molar-refractivity contribution in [3.05, 3.63) is 21.7 Å². The van der Waals surface area contributed by atoms with E-state index < -0.39 is 0 Å². The maximum atomic E-state index is 5.21. The molecule has 0 aliphatic carbocycles. The molecule has 0 radical (unpaired) electrons. The van der Waals surface area contributed by atoms with Crippen molar-refractivity contribution in [1.82, 2.24) is 9.97 Å². The molecule has 0 aliphatic heterocycles. The Morgan fingerprint density at radius 2 is 2.08 bits per heavy atom. The Morgan fingerprint density at radius 3 is 2.46 bits per heavy atom. The van der Waals surface area contributed by atoms with Gasteiger partial charge in [-0.2, -0.15) is 0 Å². The zero-order chi connectivity index (χ0) is 10.0. The smallest absolute Gasteiger partial charge is 0.133 e. The third-order valence-electron chi connectivity index (χ3n) is 2.15. The molecule has 0 bridgehead atoms. The largest absolute Gasteiger partial charge is 0.347 e. The van der Waals surface area contributed by atoms with Crippen molar-refractivity contribution in [3.63, 3.8) is 0 Å². The molecule has 0 aromatic carbocycles. The summed E-state index contributed by atoms with van der Waals surface area (Å²) in [5, 5.41) is 0. The lowest BCUT2D eigenvalue weighted by atomic mass is 10.1. The fourth-order valence-electron chi connectivity index (χ4n) is 1.32. The molecule has 0 atom stereocenters. The van der Waals surface area contributed by atoms with Crippen molar-refractivity contribution < 1.29 is 0 Å². The molecule has 0 amide bonds. The number of nitrogens with one attached hydrogen (secondary N) is 1. The Bertz CT molecular complexity index is 352. The van der Waals surface area contributed by atoms with Crippen LogP contribution >= 0.6 is 12.2 Å². The van der Waals surface area contributed by atoms with E-state index in [1.165, 1.54) is 5.56 Å². The molecular formula is C10H16N2S. The van der Waals surface area contributed by atoms with Gasteiger partial charge in [-0.3, -0.25) is 0 Å². The van der Waals surface area contributed by atoms with Gasteiger partial charge in [-0.1, -0.05) is 33.0 Å². The van der Waals surface area contributed by atoms with Crippen molar-refractivity contribution in [2.24, 2.45) is 0 Å². The standard InChI is InChI=1S/C10H16N2S/c1-5-8-7(4)11-9(6(2)3)12-10(8)13/h6H,5H2,1-4H3,(H,11,12,13). The lowest BCUT2D eigenvalue weighted by Gasteiger charge is -2.09. The number of aromatic amines is 1. The number of aromatic nitrogens is 2. The monoisotopic (exact) mass is 196 g/mol. The van der Waals surface area contributed by atoms with Crippen LogP contribution in [0.1, 0.15) is 43.8 Å². The Balaban J connectivity index is 3.29. The van der Waals surface area contributed by atoms with E-state index in [1.54, 1.807) is 0 Å². The molecule has 0 unspecified atom stereocenters. The maximum Gasteiger partial charge on any atom is 0.133 e. The van der Waals surface area contributed by atoms with Crippen LogP contribution in [-0.4, -0.2) is 9.97 Å². The minimum absolute atomic E-state index is 0.409. The maximum absolute atomic E-state index is 5.21. The normalized spacial score (nSPS) is 10.8. The first-order chi connectivity index (χ1) is 6.06. The summed E-state index contributed by atoms with van der Waals surface area (Å²) in [5.74, 6) is 1.39. The summed E-state index contributed by atoms with van der Waals surface area (Å²) in [6.45, 7) is 8.38. The third-order valence-corrected chi connectivity index (χ3v) is 2.49. The second kappa shape index (κ2) is 4.01. The molecule has 1 N–H and O–H groups in total. The minimum Gasteiger partial charge on any atom is -0.347 e. The van der Waals surface area contributed by atoms with E-state index in [0.717, 1.165) is 22.6 Å². The van der Waals surface area contributed by atoms with Crippen molar-refractivity contribution in [2.45, 2.75) is 40.0 Å². The zero-order valence-electron chi connectivity index (χ0n) is 8.64. The van der Waals surface area contributed by atoms with E-state index in [-0.39, 0.29) is 0 Å². The zero-order valence-corrected chi connectivity index (χ0v) is 9.46. The summed E-state index contributed by atoms with van der Waals surface area (Å²) in [5.41, 5.74) is 2.32. The van der Waals surface area contributed by atoms with Crippen LogP contribution in [0.3, 0.4) is 0 Å². The van der Waals surface area contributed by atoms with Crippen LogP contribution in [0.15, 0.2) is 0 Å². The molecule has 3 heteroatoms. The van der Waals surface area contributed by atoms with E-state index in [1.807, 2.05) is 0 Å². The molecule has 1 heterocycles. The molecule has 1 rings (SSSR count). The highest BCUT2D eigenvalue weighted by molar-refractivity contribution is 7.71. The molecule has 0 saturated heterocycles. The summed E-state index contributed by atoms with van der Waals surface area (Å²) in [6.07, 6.45) is 0.951. The first-order valence-electron chi connectivity index (χ1n) is 4.66. The number of nitrogens with zero attached hydrogens (tertiary/aromatic N) is 1. The van der Waals surface area contributed by atoms with E-state index in [9.17, 15) is 0 Å². The summed E-state index contributed by atoms with van der Waals surface area (Å²) >= 11 is 5.21. The Labute approximate surface area is 84.4 Å². The van der Waals surface area contributed by atoms with Crippen LogP contribution in [0.4, 0.5) is 0 Å². The highest BCUT2D eigenvalue weighted by Crippen LogP contribution is 2.13. The predicted molar refractivity (Wildman–Crippen MR) is 57.6 cm³/mol. The van der Waals surface area contributed by atoms with Gasteiger partial charge in [0.2, 0.25) is 0 Å². The van der Waals surface area contributed by atoms with Crippen LogP contribution in [-0.2, 0) is 6.42 Å². The highest BCUT2D eigenvalue weighted by Gasteiger charge is 2.05. The molecular weight excluding hydrogens is 180 g/mol. The van der Waals surface area contributed by atoms with Crippen LogP contribution in [0.25, 0.3) is 0 Å². The van der Waals surface area contributed by atoms with Crippen molar-refractivity contribution in [3.8, 4) is 0 Å². The topological polar surface area (TPSA) is 28.7 Å². The fraction of sp³-hybridized carbons (Fsp3) is 0.600. The molecule has 1 aromatic rings. The minimum atomic E-state index is 0.409. The lowest BCUT2D eigenvalue weighted by Crippen LogP contribution is -2.03. The van der Waals surface area contributed by atoms with E-state index in [4.69, 9.17) is 12.2 Å². The summed E-state index contributed by atoms with van der Waals surface area (Å²) in [4.78, 5) is 7.65. The number of aryl methyl sites for hydroxylation is 1. The fourth-order valence-corrected chi connectivity index (χ4v) is 1.72. The second-order valence-electron chi connectivity index (χ2n) is 3.54. The van der Waals surface area contributed by atoms with Crippen LogP contribution in [0.2, 0.25) is 0 Å². The van der Waals surface area contributed by atoms with Gasteiger partial charge in [0, 0.05) is 17.2 Å². The summed E-state index contributed by atoms with van der Waals surface area (Å²) < 4.78 is 0.752. The SMILES string of the molecule is CCc1c(C)[nH]c(C(C)C)nc1=S. The van der Waals surface area contributed by atoms with Crippen molar-refractivity contribution in [1.29, 1.82) is 0 Å². The van der Waals surface area contributed by atoms with Gasteiger partial charge in [0.15, 0.2) is 0 Å². The van der Waals surface area contributed by atoms with E-state index >= 15 is 0 Å². The van der Waals surface area contributed by atoms with Crippen LogP contribution in [0.5, 0.6) is 0 Å². The average Bonchev–Trinajstić information content (AvgIpc) is 2.03. The van der Waals surface area contributed by atoms with Crippen molar-refractivity contribution in [2.75, 3.05) is 0 Å². The summed E-state index contributed by atoms with van der Waals surface area (Å²) in [6, 6.07) is 0. The van der Waals surface area contributed by atoms with Gasteiger partial charge in [-0.05, 0) is 13.3 Å². The van der Waals surface area contributed by atoms with Gasteiger partial charge in [0.1, 0.15) is 10.5 Å². The summed E-state index contributed by atoms with van der Waals surface area (Å²) in [7, 11) is 0. The van der Waals surface area contributed by atoms with Gasteiger partial charge in [0.05, 0.1) is 0 Å². The van der Waals surface area contributed by atoms with Crippen molar-refractivity contribution >= 4 is 12.2 Å². The molecule has 0 fully saturated rings. The number of rotatable bonds is 2. The van der Waals surface area contributed by atoms with E-state index in [2.05, 4.69) is 37.7 Å². The van der Waals surface area contributed by atoms with E-state index in [0.29, 0.717) is 5.92 Å². The Morgan fingerprint density at radius 1 is 1.46 bits per heavy atom. The molecule has 0 saturated carbocycles. The number of hydrogen-bond donors (Lipinski definition) is 1. The van der Waals surface area contributed by atoms with Crippen LogP contribution in [0, 0.1) is 11.6 Å². The Hall–Kier alpha value is -0.700. The molecule has 72 valence electrons. The molecule has 2 nitrogen and oxygen atoms in total. The van der Waals surface area contributed by atoms with Gasteiger partial charge < -0.3 is 4.98 Å². The molecule has 0 aliphatic rings.